The van der Waals surface area contributed by atoms with E-state index in [1.165, 1.54) is 0 Å². The van der Waals surface area contributed by atoms with Crippen molar-refractivity contribution >= 4 is 29.3 Å². The average Bonchev–Trinajstić information content (AvgIpc) is 2.29. The van der Waals surface area contributed by atoms with E-state index in [1.807, 2.05) is 16.7 Å². The Balaban J connectivity index is 2.12. The molecule has 1 aromatic rings. The molecule has 1 aliphatic heterocycles. The smallest absolute Gasteiger partial charge is 0.254 e. The molecule has 0 radical (unpaired) electrons. The average molecular weight is 243 g/mol. The van der Waals surface area contributed by atoms with E-state index in [2.05, 4.69) is 4.98 Å². The molecule has 0 spiro atoms. The molecule has 0 atom stereocenters. The number of thioether (sulfide) groups is 1. The van der Waals surface area contributed by atoms with Gasteiger partial charge in [-0.1, -0.05) is 11.6 Å². The Morgan fingerprint density at radius 1 is 1.47 bits per heavy atom. The molecule has 0 aliphatic carbocycles. The van der Waals surface area contributed by atoms with Crippen LogP contribution in [0.2, 0.25) is 5.15 Å². The molecule has 5 heteroatoms. The number of hydrogen-bond donors (Lipinski definition) is 0. The van der Waals surface area contributed by atoms with E-state index >= 15 is 0 Å². The lowest BCUT2D eigenvalue weighted by Gasteiger charge is -2.26. The number of amides is 1. The molecule has 0 aromatic carbocycles. The van der Waals surface area contributed by atoms with Crippen LogP contribution in [0.3, 0.4) is 0 Å². The van der Waals surface area contributed by atoms with Crippen molar-refractivity contribution in [2.45, 2.75) is 0 Å². The number of aromatic nitrogens is 1. The molecule has 0 bridgehead atoms. The molecule has 1 fully saturated rings. The second-order valence-corrected chi connectivity index (χ2v) is 4.88. The second kappa shape index (κ2) is 4.86. The number of halogens is 1. The van der Waals surface area contributed by atoms with Gasteiger partial charge >= 0.3 is 0 Å². The summed E-state index contributed by atoms with van der Waals surface area (Å²) in [5.41, 5.74) is 0.627. The molecule has 15 heavy (non-hydrogen) atoms. The van der Waals surface area contributed by atoms with Gasteiger partial charge in [0.1, 0.15) is 5.15 Å². The summed E-state index contributed by atoms with van der Waals surface area (Å²) in [5, 5.41) is 0.368. The minimum Gasteiger partial charge on any atom is -0.337 e. The van der Waals surface area contributed by atoms with Gasteiger partial charge in [0.05, 0.1) is 0 Å². The van der Waals surface area contributed by atoms with Crippen molar-refractivity contribution in [2.24, 2.45) is 0 Å². The number of rotatable bonds is 1. The molecule has 3 nitrogen and oxygen atoms in total. The molecule has 1 amide bonds. The first kappa shape index (κ1) is 10.8. The lowest BCUT2D eigenvalue weighted by atomic mass is 10.2. The van der Waals surface area contributed by atoms with Crippen LogP contribution in [-0.2, 0) is 0 Å². The first-order valence-electron chi connectivity index (χ1n) is 4.76. The van der Waals surface area contributed by atoms with Gasteiger partial charge in [-0.15, -0.1) is 0 Å². The summed E-state index contributed by atoms with van der Waals surface area (Å²) in [5.74, 6) is 2.09. The third-order valence-corrected chi connectivity index (χ3v) is 3.42. The Morgan fingerprint density at radius 2 is 2.20 bits per heavy atom. The highest BCUT2D eigenvalue weighted by atomic mass is 35.5. The van der Waals surface area contributed by atoms with E-state index in [4.69, 9.17) is 11.6 Å². The van der Waals surface area contributed by atoms with E-state index in [1.54, 1.807) is 18.3 Å². The van der Waals surface area contributed by atoms with Gasteiger partial charge in [0, 0.05) is 36.4 Å². The summed E-state index contributed by atoms with van der Waals surface area (Å²) >= 11 is 7.62. The summed E-state index contributed by atoms with van der Waals surface area (Å²) in [7, 11) is 0. The number of pyridine rings is 1. The molecular weight excluding hydrogens is 232 g/mol. The highest BCUT2D eigenvalue weighted by Gasteiger charge is 2.18. The predicted octanol–water partition coefficient (Wildman–Crippen LogP) is 1.92. The normalized spacial score (nSPS) is 16.5. The molecule has 0 unspecified atom stereocenters. The Morgan fingerprint density at radius 3 is 2.87 bits per heavy atom. The van der Waals surface area contributed by atoms with E-state index in [0.29, 0.717) is 10.7 Å². The number of nitrogens with zero attached hydrogens (tertiary/aromatic N) is 2. The molecule has 0 saturated carbocycles. The zero-order valence-electron chi connectivity index (χ0n) is 8.15. The van der Waals surface area contributed by atoms with Gasteiger partial charge in [0.25, 0.3) is 5.91 Å². The maximum absolute atomic E-state index is 12.0. The summed E-state index contributed by atoms with van der Waals surface area (Å²) in [4.78, 5) is 17.7. The quantitative estimate of drug-likeness (QED) is 0.706. The fraction of sp³-hybridized carbons (Fsp3) is 0.400. The van der Waals surface area contributed by atoms with Gasteiger partial charge in [0.2, 0.25) is 0 Å². The van der Waals surface area contributed by atoms with Crippen LogP contribution < -0.4 is 0 Å². The lowest BCUT2D eigenvalue weighted by Crippen LogP contribution is -2.37. The Bertz CT molecular complexity index is 366. The van der Waals surface area contributed by atoms with E-state index in [9.17, 15) is 4.79 Å². The van der Waals surface area contributed by atoms with Crippen molar-refractivity contribution in [1.82, 2.24) is 9.88 Å². The highest BCUT2D eigenvalue weighted by molar-refractivity contribution is 7.99. The van der Waals surface area contributed by atoms with Crippen LogP contribution in [0.1, 0.15) is 10.4 Å². The van der Waals surface area contributed by atoms with Gasteiger partial charge in [-0.05, 0) is 12.1 Å². The van der Waals surface area contributed by atoms with Crippen LogP contribution in [0.25, 0.3) is 0 Å². The molecule has 1 aliphatic rings. The minimum absolute atomic E-state index is 0.0552. The second-order valence-electron chi connectivity index (χ2n) is 3.27. The Labute approximate surface area is 97.8 Å². The summed E-state index contributed by atoms with van der Waals surface area (Å²) in [6.07, 6.45) is 1.56. The van der Waals surface area contributed by atoms with E-state index < -0.39 is 0 Å². The first-order chi connectivity index (χ1) is 7.27. The van der Waals surface area contributed by atoms with Crippen molar-refractivity contribution in [3.8, 4) is 0 Å². The third kappa shape index (κ3) is 2.63. The van der Waals surface area contributed by atoms with Crippen LogP contribution in [0.5, 0.6) is 0 Å². The third-order valence-electron chi connectivity index (χ3n) is 2.27. The lowest BCUT2D eigenvalue weighted by molar-refractivity contribution is 0.0772. The largest absolute Gasteiger partial charge is 0.337 e. The van der Waals surface area contributed by atoms with Crippen LogP contribution in [0, 0.1) is 0 Å². The highest BCUT2D eigenvalue weighted by Crippen LogP contribution is 2.14. The summed E-state index contributed by atoms with van der Waals surface area (Å²) in [6.45, 7) is 1.65. The minimum atomic E-state index is 0.0552. The fourth-order valence-electron chi connectivity index (χ4n) is 1.48. The predicted molar refractivity (Wildman–Crippen MR) is 62.5 cm³/mol. The zero-order valence-corrected chi connectivity index (χ0v) is 9.72. The molecule has 2 rings (SSSR count). The van der Waals surface area contributed by atoms with Gasteiger partial charge in [-0.3, -0.25) is 4.79 Å². The van der Waals surface area contributed by atoms with Crippen LogP contribution in [0.15, 0.2) is 18.3 Å². The molecule has 2 heterocycles. The SMILES string of the molecule is O=C(c1ccnc(Cl)c1)N1CCSCC1. The molecule has 80 valence electrons. The molecule has 1 saturated heterocycles. The standard InChI is InChI=1S/C10H11ClN2OS/c11-9-7-8(1-2-12-9)10(14)13-3-5-15-6-4-13/h1-2,7H,3-6H2. The maximum Gasteiger partial charge on any atom is 0.254 e. The van der Waals surface area contributed by atoms with Gasteiger partial charge in [-0.25, -0.2) is 4.98 Å². The van der Waals surface area contributed by atoms with Crippen molar-refractivity contribution in [3.05, 3.63) is 29.0 Å². The van der Waals surface area contributed by atoms with Crippen molar-refractivity contribution in [3.63, 3.8) is 0 Å². The maximum atomic E-state index is 12.0. The summed E-state index contributed by atoms with van der Waals surface area (Å²) < 4.78 is 0. The van der Waals surface area contributed by atoms with Gasteiger partial charge in [0.15, 0.2) is 0 Å². The number of hydrogen-bond acceptors (Lipinski definition) is 3. The molecule has 1 aromatic heterocycles. The van der Waals surface area contributed by atoms with E-state index in [0.717, 1.165) is 24.6 Å². The number of carbonyl (C=O) groups is 1. The zero-order chi connectivity index (χ0) is 10.7. The van der Waals surface area contributed by atoms with Crippen LogP contribution >= 0.6 is 23.4 Å². The fourth-order valence-corrected chi connectivity index (χ4v) is 2.56. The van der Waals surface area contributed by atoms with Crippen LogP contribution in [-0.4, -0.2) is 40.4 Å². The van der Waals surface area contributed by atoms with Gasteiger partial charge < -0.3 is 4.90 Å². The van der Waals surface area contributed by atoms with Crippen molar-refractivity contribution < 1.29 is 4.79 Å². The van der Waals surface area contributed by atoms with Crippen molar-refractivity contribution in [1.29, 1.82) is 0 Å². The number of carbonyl (C=O) groups excluding carboxylic acids is 1. The van der Waals surface area contributed by atoms with Gasteiger partial charge in [-0.2, -0.15) is 11.8 Å². The van der Waals surface area contributed by atoms with Crippen molar-refractivity contribution in [2.75, 3.05) is 24.6 Å². The summed E-state index contributed by atoms with van der Waals surface area (Å²) in [6, 6.07) is 3.32. The van der Waals surface area contributed by atoms with Crippen LogP contribution in [0.4, 0.5) is 0 Å². The topological polar surface area (TPSA) is 33.2 Å². The molecular formula is C10H11ClN2OS. The van der Waals surface area contributed by atoms with E-state index in [-0.39, 0.29) is 5.91 Å². The molecule has 0 N–H and O–H groups in total. The Kier molecular flexibility index (Phi) is 3.49. The first-order valence-corrected chi connectivity index (χ1v) is 6.29. The monoisotopic (exact) mass is 242 g/mol. The Hall–Kier alpha value is -0.740.